The standard InChI is InChI=1S/2Lu.O4Si.O.Y/c;;1-5(2,3)4;;/q2*+3;-4;-2;+3. The fourth-order valence-electron chi connectivity index (χ4n) is 0. The van der Waals surface area contributed by atoms with Gasteiger partial charge in [-0.3, -0.25) is 0 Å². The Kier molecular flexibility index (Phi) is 46.1. The largest absolute Gasteiger partial charge is 3.00 e. The molecule has 0 aromatic carbocycles. The third-order valence-electron chi connectivity index (χ3n) is 0. The summed E-state index contributed by atoms with van der Waals surface area (Å²) in [6.45, 7) is 0. The van der Waals surface area contributed by atoms with Crippen LogP contribution in [-0.2, 0) is 38.2 Å². The molecule has 0 unspecified atom stereocenters. The summed E-state index contributed by atoms with van der Waals surface area (Å²) in [5.41, 5.74) is 0. The molecular formula is Lu2O5SiY+3. The molecule has 0 aromatic rings. The SMILES string of the molecule is [Lu+3].[Lu+3].[O-2].[O-][Si]([O-])([O-])[O-].[Y+3]. The molecule has 0 amide bonds. The van der Waals surface area contributed by atoms with Crippen molar-refractivity contribution in [2.24, 2.45) is 0 Å². The van der Waals surface area contributed by atoms with E-state index >= 15 is 0 Å². The average molecular weight is 547 g/mol. The van der Waals surface area contributed by atoms with Crippen LogP contribution in [0.15, 0.2) is 0 Å². The van der Waals surface area contributed by atoms with Crippen LogP contribution in [0.2, 0.25) is 0 Å². The molecule has 0 N–H and O–H groups in total. The maximum absolute atomic E-state index is 8.58. The molecule has 0 aliphatic heterocycles. The van der Waals surface area contributed by atoms with Gasteiger partial charge in [-0.2, -0.15) is 0 Å². The van der Waals surface area contributed by atoms with Crippen molar-refractivity contribution >= 4 is 9.05 Å². The Balaban J connectivity index is -0.0000000133. The minimum Gasteiger partial charge on any atom is -2.00 e. The summed E-state index contributed by atoms with van der Waals surface area (Å²) in [4.78, 5) is 34.3. The van der Waals surface area contributed by atoms with E-state index in [2.05, 4.69) is 0 Å². The topological polar surface area (TPSA) is 121 Å². The van der Waals surface area contributed by atoms with Crippen LogP contribution in [-0.4, -0.2) is 9.05 Å². The number of hydrogen-bond donors (Lipinski definition) is 0. The first-order chi connectivity index (χ1) is 2.00. The Morgan fingerprint density at radius 2 is 0.778 bits per heavy atom. The Bertz CT molecular complexity index is 30.4. The molecule has 0 radical (unpaired) electrons. The van der Waals surface area contributed by atoms with Gasteiger partial charge in [0.25, 0.3) is 0 Å². The zero-order valence-electron chi connectivity index (χ0n) is 3.63. The summed E-state index contributed by atoms with van der Waals surface area (Å²) < 4.78 is 0. The van der Waals surface area contributed by atoms with Gasteiger partial charge in [-0.15, -0.1) is 0 Å². The van der Waals surface area contributed by atoms with Crippen LogP contribution in [0.5, 0.6) is 0 Å². The Morgan fingerprint density at radius 3 is 0.778 bits per heavy atom. The number of rotatable bonds is 0. The molecule has 0 atom stereocenters. The van der Waals surface area contributed by atoms with Crippen LogP contribution in [0.1, 0.15) is 0 Å². The van der Waals surface area contributed by atoms with Crippen molar-refractivity contribution in [1.82, 2.24) is 0 Å². The molecule has 0 aliphatic carbocycles. The summed E-state index contributed by atoms with van der Waals surface area (Å²) in [6, 6.07) is 0. The van der Waals surface area contributed by atoms with Gasteiger partial charge in [0.05, 0.1) is 0 Å². The molecule has 0 rings (SSSR count). The molecule has 0 saturated heterocycles. The van der Waals surface area contributed by atoms with E-state index in [1.807, 2.05) is 0 Å². The molecule has 9 heavy (non-hydrogen) atoms. The smallest absolute Gasteiger partial charge is 2.00 e. The normalized spacial score (nSPS) is 6.67. The fraction of sp³-hybridized carbons (Fsp3) is 0. The predicted molar refractivity (Wildman–Crippen MR) is 6.44 cm³/mol. The molecule has 0 bridgehead atoms. The van der Waals surface area contributed by atoms with E-state index < -0.39 is 9.05 Å². The first-order valence-electron chi connectivity index (χ1n) is 0.816. The zero-order chi connectivity index (χ0) is 4.50. The van der Waals surface area contributed by atoms with Gasteiger partial charge in [-0.25, -0.2) is 0 Å². The molecule has 0 fully saturated rings. The predicted octanol–water partition coefficient (Wildman–Crippen LogP) is -5.26. The molecule has 0 heterocycles. The number of hydrogen-bond acceptors (Lipinski definition) is 4. The van der Waals surface area contributed by atoms with Crippen molar-refractivity contribution in [3.05, 3.63) is 0 Å². The van der Waals surface area contributed by atoms with Crippen molar-refractivity contribution in [2.75, 3.05) is 0 Å². The summed E-state index contributed by atoms with van der Waals surface area (Å²) in [5, 5.41) is 0. The Hall–Kier alpha value is 3.59. The summed E-state index contributed by atoms with van der Waals surface area (Å²) in [6.07, 6.45) is 0. The molecule has 9 heteroatoms. The summed E-state index contributed by atoms with van der Waals surface area (Å²) in [5.74, 6) is 0. The van der Waals surface area contributed by atoms with Gasteiger partial charge in [0.2, 0.25) is 0 Å². The van der Waals surface area contributed by atoms with Crippen molar-refractivity contribution in [2.45, 2.75) is 0 Å². The third-order valence-corrected chi connectivity index (χ3v) is 0. The molecule has 0 saturated carbocycles. The van der Waals surface area contributed by atoms with E-state index in [4.69, 9.17) is 19.2 Å². The molecule has 0 aromatic heterocycles. The van der Waals surface area contributed by atoms with Crippen molar-refractivity contribution in [1.29, 1.82) is 0 Å². The van der Waals surface area contributed by atoms with E-state index in [0.29, 0.717) is 0 Å². The summed E-state index contributed by atoms with van der Waals surface area (Å²) in [7, 11) is -5.61. The van der Waals surface area contributed by atoms with Crippen LogP contribution in [0.3, 0.4) is 0 Å². The van der Waals surface area contributed by atoms with Gasteiger partial charge < -0.3 is 33.7 Å². The second-order valence-corrected chi connectivity index (χ2v) is 1.50. The maximum atomic E-state index is 8.58. The van der Waals surface area contributed by atoms with E-state index in [1.165, 1.54) is 0 Å². The van der Waals surface area contributed by atoms with E-state index in [-0.39, 0.29) is 112 Å². The van der Waals surface area contributed by atoms with Gasteiger partial charge >= 0.3 is 106 Å². The molecule has 64 valence electrons. The third kappa shape index (κ3) is 82.7. The van der Waals surface area contributed by atoms with Crippen LogP contribution < -0.4 is 19.2 Å². The van der Waals surface area contributed by atoms with Crippen molar-refractivity contribution in [3.63, 3.8) is 0 Å². The zero-order valence-corrected chi connectivity index (χ0v) is 10.8. The van der Waals surface area contributed by atoms with E-state index in [1.54, 1.807) is 0 Å². The van der Waals surface area contributed by atoms with Crippen LogP contribution in [0.4, 0.5) is 0 Å². The Morgan fingerprint density at radius 1 is 0.778 bits per heavy atom. The molecule has 0 aliphatic rings. The Labute approximate surface area is 137 Å². The molecular weight excluding hydrogens is 547 g/mol. The molecule has 0 spiro atoms. The second-order valence-electron chi connectivity index (χ2n) is 0.500. The van der Waals surface area contributed by atoms with Crippen LogP contribution in [0, 0.1) is 73.7 Å². The minimum atomic E-state index is -5.61. The average Bonchev–Trinajstić information content (AvgIpc) is 0.722. The quantitative estimate of drug-likeness (QED) is 0.282. The van der Waals surface area contributed by atoms with E-state index in [0.717, 1.165) is 0 Å². The van der Waals surface area contributed by atoms with Gasteiger partial charge in [0.15, 0.2) is 0 Å². The summed E-state index contributed by atoms with van der Waals surface area (Å²) >= 11 is 0. The maximum Gasteiger partial charge on any atom is 3.00 e. The van der Waals surface area contributed by atoms with Gasteiger partial charge in [0, 0.05) is 0 Å². The van der Waals surface area contributed by atoms with Crippen molar-refractivity contribution < 1.29 is 131 Å². The minimum absolute atomic E-state index is 0. The fourth-order valence-corrected chi connectivity index (χ4v) is 0. The van der Waals surface area contributed by atoms with Crippen molar-refractivity contribution in [3.8, 4) is 0 Å². The first kappa shape index (κ1) is 29.4. The van der Waals surface area contributed by atoms with Gasteiger partial charge in [-0.1, -0.05) is 0 Å². The van der Waals surface area contributed by atoms with Crippen LogP contribution in [0.25, 0.3) is 0 Å². The van der Waals surface area contributed by atoms with Gasteiger partial charge in [0.1, 0.15) is 0 Å². The van der Waals surface area contributed by atoms with Gasteiger partial charge in [-0.05, 0) is 0 Å². The monoisotopic (exact) mass is 547 g/mol. The molecule has 5 nitrogen and oxygen atoms in total. The second kappa shape index (κ2) is 14.1. The first-order valence-corrected chi connectivity index (χ1v) is 2.45. The van der Waals surface area contributed by atoms with E-state index in [9.17, 15) is 0 Å². The van der Waals surface area contributed by atoms with Crippen LogP contribution >= 0.6 is 0 Å².